The summed E-state index contributed by atoms with van der Waals surface area (Å²) in [5.41, 5.74) is 0.447. The molecule has 1 saturated heterocycles. The van der Waals surface area contributed by atoms with Crippen LogP contribution in [0.4, 0.5) is 4.39 Å². The third kappa shape index (κ3) is 2.75. The van der Waals surface area contributed by atoms with Crippen LogP contribution in [0.5, 0.6) is 0 Å². The molecule has 1 unspecified atom stereocenters. The SMILES string of the molecule is CC1CCCN(CC(=O)c2ccc(F)cc2)C1=O. The van der Waals surface area contributed by atoms with Crippen LogP contribution in [0.2, 0.25) is 0 Å². The van der Waals surface area contributed by atoms with Crippen molar-refractivity contribution in [3.63, 3.8) is 0 Å². The van der Waals surface area contributed by atoms with Gasteiger partial charge in [-0.1, -0.05) is 6.92 Å². The van der Waals surface area contributed by atoms with E-state index in [1.807, 2.05) is 6.92 Å². The molecule has 3 nitrogen and oxygen atoms in total. The third-order valence-corrected chi connectivity index (χ3v) is 3.30. The Labute approximate surface area is 106 Å². The number of amides is 1. The van der Waals surface area contributed by atoms with E-state index in [2.05, 4.69) is 0 Å². The summed E-state index contributed by atoms with van der Waals surface area (Å²) in [6.07, 6.45) is 1.82. The van der Waals surface area contributed by atoms with Gasteiger partial charge in [-0.2, -0.15) is 0 Å². The van der Waals surface area contributed by atoms with Crippen molar-refractivity contribution in [3.05, 3.63) is 35.6 Å². The number of hydrogen-bond acceptors (Lipinski definition) is 2. The predicted octanol–water partition coefficient (Wildman–Crippen LogP) is 2.27. The van der Waals surface area contributed by atoms with Gasteiger partial charge >= 0.3 is 0 Å². The molecule has 96 valence electrons. The number of ketones is 1. The molecule has 0 spiro atoms. The largest absolute Gasteiger partial charge is 0.335 e. The highest BCUT2D eigenvalue weighted by molar-refractivity contribution is 5.99. The van der Waals surface area contributed by atoms with Crippen LogP contribution in [0.15, 0.2) is 24.3 Å². The van der Waals surface area contributed by atoms with Gasteiger partial charge in [0.1, 0.15) is 5.82 Å². The Morgan fingerprint density at radius 3 is 2.72 bits per heavy atom. The van der Waals surface area contributed by atoms with Crippen LogP contribution in [0.25, 0.3) is 0 Å². The number of likely N-dealkylation sites (tertiary alicyclic amines) is 1. The van der Waals surface area contributed by atoms with E-state index in [0.717, 1.165) is 12.8 Å². The van der Waals surface area contributed by atoms with Crippen molar-refractivity contribution in [2.24, 2.45) is 5.92 Å². The van der Waals surface area contributed by atoms with Crippen molar-refractivity contribution in [2.75, 3.05) is 13.1 Å². The van der Waals surface area contributed by atoms with Crippen molar-refractivity contribution in [1.82, 2.24) is 4.90 Å². The molecule has 0 aromatic heterocycles. The van der Waals surface area contributed by atoms with Crippen molar-refractivity contribution in [3.8, 4) is 0 Å². The Bertz CT molecular complexity index is 455. The molecular weight excluding hydrogens is 233 g/mol. The predicted molar refractivity (Wildman–Crippen MR) is 65.7 cm³/mol. The quantitative estimate of drug-likeness (QED) is 0.771. The van der Waals surface area contributed by atoms with Gasteiger partial charge in [0.05, 0.1) is 6.54 Å². The molecule has 1 aromatic carbocycles. The second-order valence-corrected chi connectivity index (χ2v) is 4.73. The first-order valence-electron chi connectivity index (χ1n) is 6.15. The van der Waals surface area contributed by atoms with Gasteiger partial charge in [-0.25, -0.2) is 4.39 Å². The van der Waals surface area contributed by atoms with Crippen LogP contribution < -0.4 is 0 Å². The fourth-order valence-electron chi connectivity index (χ4n) is 2.19. The molecule has 1 atom stereocenters. The maximum atomic E-state index is 12.7. The van der Waals surface area contributed by atoms with E-state index in [9.17, 15) is 14.0 Å². The van der Waals surface area contributed by atoms with Gasteiger partial charge < -0.3 is 4.90 Å². The van der Waals surface area contributed by atoms with Crippen LogP contribution >= 0.6 is 0 Å². The number of Topliss-reactive ketones (excluding diaryl/α,β-unsaturated/α-hetero) is 1. The van der Waals surface area contributed by atoms with Crippen molar-refractivity contribution >= 4 is 11.7 Å². The number of piperidine rings is 1. The summed E-state index contributed by atoms with van der Waals surface area (Å²) in [6.45, 7) is 2.61. The second-order valence-electron chi connectivity index (χ2n) is 4.73. The third-order valence-electron chi connectivity index (χ3n) is 3.30. The van der Waals surface area contributed by atoms with Gasteiger partial charge in [0.2, 0.25) is 5.91 Å². The van der Waals surface area contributed by atoms with E-state index >= 15 is 0 Å². The van der Waals surface area contributed by atoms with E-state index in [0.29, 0.717) is 12.1 Å². The summed E-state index contributed by atoms with van der Waals surface area (Å²) in [6, 6.07) is 5.42. The molecule has 1 aliphatic rings. The molecule has 18 heavy (non-hydrogen) atoms. The molecule has 2 rings (SSSR count). The Morgan fingerprint density at radius 1 is 1.39 bits per heavy atom. The van der Waals surface area contributed by atoms with Crippen LogP contribution in [-0.2, 0) is 4.79 Å². The molecule has 0 radical (unpaired) electrons. The van der Waals surface area contributed by atoms with Gasteiger partial charge in [-0.15, -0.1) is 0 Å². The van der Waals surface area contributed by atoms with E-state index < -0.39 is 0 Å². The number of hydrogen-bond donors (Lipinski definition) is 0. The molecule has 1 heterocycles. The highest BCUT2D eigenvalue weighted by Gasteiger charge is 2.26. The first-order valence-corrected chi connectivity index (χ1v) is 6.15. The summed E-state index contributed by atoms with van der Waals surface area (Å²) in [4.78, 5) is 25.4. The number of carbonyl (C=O) groups is 2. The summed E-state index contributed by atoms with van der Waals surface area (Å²) in [5, 5.41) is 0. The smallest absolute Gasteiger partial charge is 0.225 e. The standard InChI is InChI=1S/C14H16FNO2/c1-10-3-2-8-16(14(10)18)9-13(17)11-4-6-12(15)7-5-11/h4-7,10H,2-3,8-9H2,1H3. The van der Waals surface area contributed by atoms with Crippen LogP contribution in [0.1, 0.15) is 30.1 Å². The van der Waals surface area contributed by atoms with Crippen LogP contribution in [0, 0.1) is 11.7 Å². The zero-order chi connectivity index (χ0) is 13.1. The fourth-order valence-corrected chi connectivity index (χ4v) is 2.19. The van der Waals surface area contributed by atoms with Gasteiger partial charge in [0, 0.05) is 18.0 Å². The van der Waals surface area contributed by atoms with Crippen molar-refractivity contribution in [2.45, 2.75) is 19.8 Å². The number of rotatable bonds is 3. The molecule has 0 bridgehead atoms. The number of benzene rings is 1. The molecular formula is C14H16FNO2. The first kappa shape index (κ1) is 12.7. The molecule has 0 N–H and O–H groups in total. The Hall–Kier alpha value is -1.71. The van der Waals surface area contributed by atoms with E-state index in [-0.39, 0.29) is 30.0 Å². The van der Waals surface area contributed by atoms with Gasteiger partial charge in [-0.3, -0.25) is 9.59 Å². The van der Waals surface area contributed by atoms with Crippen molar-refractivity contribution in [1.29, 1.82) is 0 Å². The molecule has 4 heteroatoms. The fraction of sp³-hybridized carbons (Fsp3) is 0.429. The molecule has 1 fully saturated rings. The molecule has 1 aliphatic heterocycles. The summed E-state index contributed by atoms with van der Waals surface area (Å²) in [7, 11) is 0. The number of nitrogens with zero attached hydrogens (tertiary/aromatic N) is 1. The van der Waals surface area contributed by atoms with Crippen LogP contribution in [0.3, 0.4) is 0 Å². The minimum absolute atomic E-state index is 0.000215. The van der Waals surface area contributed by atoms with Gasteiger partial charge in [0.15, 0.2) is 5.78 Å². The average Bonchev–Trinajstić information content (AvgIpc) is 2.36. The Kier molecular flexibility index (Phi) is 3.75. The maximum Gasteiger partial charge on any atom is 0.225 e. The minimum atomic E-state index is -0.366. The van der Waals surface area contributed by atoms with E-state index in [4.69, 9.17) is 0 Å². The van der Waals surface area contributed by atoms with Gasteiger partial charge in [-0.05, 0) is 37.1 Å². The number of halogens is 1. The molecule has 1 aromatic rings. The average molecular weight is 249 g/mol. The lowest BCUT2D eigenvalue weighted by Crippen LogP contribution is -2.43. The lowest BCUT2D eigenvalue weighted by atomic mass is 9.98. The van der Waals surface area contributed by atoms with Crippen LogP contribution in [-0.4, -0.2) is 29.7 Å². The van der Waals surface area contributed by atoms with E-state index in [1.165, 1.54) is 24.3 Å². The monoisotopic (exact) mass is 249 g/mol. The zero-order valence-electron chi connectivity index (χ0n) is 10.4. The lowest BCUT2D eigenvalue weighted by Gasteiger charge is -2.30. The Morgan fingerprint density at radius 2 is 2.06 bits per heavy atom. The summed E-state index contributed by atoms with van der Waals surface area (Å²) < 4.78 is 12.7. The topological polar surface area (TPSA) is 37.4 Å². The normalized spacial score (nSPS) is 20.0. The van der Waals surface area contributed by atoms with E-state index in [1.54, 1.807) is 4.90 Å². The zero-order valence-corrected chi connectivity index (χ0v) is 10.4. The van der Waals surface area contributed by atoms with Crippen molar-refractivity contribution < 1.29 is 14.0 Å². The maximum absolute atomic E-state index is 12.7. The van der Waals surface area contributed by atoms with Gasteiger partial charge in [0.25, 0.3) is 0 Å². The highest BCUT2D eigenvalue weighted by Crippen LogP contribution is 2.17. The lowest BCUT2D eigenvalue weighted by molar-refractivity contribution is -0.137. The first-order chi connectivity index (χ1) is 8.58. The second kappa shape index (κ2) is 5.29. The molecule has 0 aliphatic carbocycles. The molecule has 1 amide bonds. The molecule has 0 saturated carbocycles. The Balaban J connectivity index is 2.03. The highest BCUT2D eigenvalue weighted by atomic mass is 19.1. The number of carbonyl (C=O) groups excluding carboxylic acids is 2. The summed E-state index contributed by atoms with van der Waals surface area (Å²) in [5.74, 6) is -0.469. The minimum Gasteiger partial charge on any atom is -0.335 e. The summed E-state index contributed by atoms with van der Waals surface area (Å²) >= 11 is 0.